The standard InChI is InChI=1S/C26H20N2O2S/c1-30-21-13-7-17(8-14-21)15-23-27-25(29)24-22(16-31-26(24)28-23)20-11-9-19(10-12-20)18-5-3-2-4-6-18/h2-14,16H,15H2,1H3,(H,27,28,29). The lowest BCUT2D eigenvalue weighted by Crippen LogP contribution is -2.11. The topological polar surface area (TPSA) is 55.0 Å². The second-order valence-electron chi connectivity index (χ2n) is 7.31. The summed E-state index contributed by atoms with van der Waals surface area (Å²) in [6.45, 7) is 0. The van der Waals surface area contributed by atoms with E-state index in [9.17, 15) is 4.79 Å². The van der Waals surface area contributed by atoms with Crippen molar-refractivity contribution in [1.29, 1.82) is 0 Å². The van der Waals surface area contributed by atoms with E-state index in [1.54, 1.807) is 7.11 Å². The Balaban J connectivity index is 1.46. The molecule has 0 radical (unpaired) electrons. The van der Waals surface area contributed by atoms with Crippen molar-refractivity contribution in [2.24, 2.45) is 0 Å². The third-order valence-corrected chi connectivity index (χ3v) is 6.20. The minimum Gasteiger partial charge on any atom is -0.497 e. The van der Waals surface area contributed by atoms with Gasteiger partial charge < -0.3 is 9.72 Å². The minimum atomic E-state index is -0.100. The van der Waals surface area contributed by atoms with E-state index in [1.165, 1.54) is 16.9 Å². The van der Waals surface area contributed by atoms with Crippen LogP contribution < -0.4 is 10.3 Å². The number of H-pyrrole nitrogens is 1. The molecule has 0 aliphatic rings. The Bertz CT molecular complexity index is 1390. The zero-order valence-electron chi connectivity index (χ0n) is 17.0. The zero-order valence-corrected chi connectivity index (χ0v) is 17.8. The Kier molecular flexibility index (Phi) is 5.10. The molecule has 1 N–H and O–H groups in total. The number of hydrogen-bond acceptors (Lipinski definition) is 4. The SMILES string of the molecule is COc1ccc(Cc2nc3scc(-c4ccc(-c5ccccc5)cc4)c3c(=O)[nH]2)cc1. The van der Waals surface area contributed by atoms with Crippen molar-refractivity contribution in [3.63, 3.8) is 0 Å². The van der Waals surface area contributed by atoms with E-state index < -0.39 is 0 Å². The molecule has 2 aromatic heterocycles. The maximum absolute atomic E-state index is 12.9. The van der Waals surface area contributed by atoms with Gasteiger partial charge in [0.05, 0.1) is 12.5 Å². The first-order valence-electron chi connectivity index (χ1n) is 10.0. The van der Waals surface area contributed by atoms with E-state index in [4.69, 9.17) is 9.72 Å². The average Bonchev–Trinajstić information content (AvgIpc) is 3.25. The fraction of sp³-hybridized carbons (Fsp3) is 0.0769. The number of hydrogen-bond donors (Lipinski definition) is 1. The Morgan fingerprint density at radius 3 is 2.26 bits per heavy atom. The van der Waals surface area contributed by atoms with Crippen LogP contribution in [0.15, 0.2) is 89.0 Å². The lowest BCUT2D eigenvalue weighted by Gasteiger charge is -2.05. The average molecular weight is 425 g/mol. The van der Waals surface area contributed by atoms with Crippen LogP contribution in [-0.2, 0) is 6.42 Å². The van der Waals surface area contributed by atoms with Crippen LogP contribution in [0.25, 0.3) is 32.5 Å². The summed E-state index contributed by atoms with van der Waals surface area (Å²) in [6.07, 6.45) is 0.564. The number of thiophene rings is 1. The Hall–Kier alpha value is -3.70. The summed E-state index contributed by atoms with van der Waals surface area (Å²) in [5.74, 6) is 1.47. The van der Waals surface area contributed by atoms with Crippen LogP contribution in [0.4, 0.5) is 0 Å². The highest BCUT2D eigenvalue weighted by Crippen LogP contribution is 2.32. The minimum absolute atomic E-state index is 0.100. The summed E-state index contributed by atoms with van der Waals surface area (Å²) in [4.78, 5) is 21.4. The van der Waals surface area contributed by atoms with E-state index in [-0.39, 0.29) is 5.56 Å². The molecule has 0 aliphatic carbocycles. The summed E-state index contributed by atoms with van der Waals surface area (Å²) in [6, 6.07) is 26.4. The number of nitrogens with one attached hydrogen (secondary N) is 1. The molecule has 0 aliphatic heterocycles. The molecule has 0 unspecified atom stereocenters. The van der Waals surface area contributed by atoms with E-state index >= 15 is 0 Å². The van der Waals surface area contributed by atoms with Gasteiger partial charge in [-0.25, -0.2) is 4.98 Å². The highest BCUT2D eigenvalue weighted by Gasteiger charge is 2.13. The van der Waals surface area contributed by atoms with Crippen LogP contribution in [0.2, 0.25) is 0 Å². The van der Waals surface area contributed by atoms with Crippen molar-refractivity contribution in [3.05, 3.63) is 106 Å². The van der Waals surface area contributed by atoms with Gasteiger partial charge in [0.1, 0.15) is 16.4 Å². The molecular weight excluding hydrogens is 404 g/mol. The molecule has 0 fully saturated rings. The number of benzene rings is 3. The predicted molar refractivity (Wildman–Crippen MR) is 127 cm³/mol. The first-order chi connectivity index (χ1) is 15.2. The van der Waals surface area contributed by atoms with E-state index in [0.717, 1.165) is 32.8 Å². The molecule has 0 spiro atoms. The zero-order chi connectivity index (χ0) is 21.2. The van der Waals surface area contributed by atoms with Gasteiger partial charge >= 0.3 is 0 Å². The van der Waals surface area contributed by atoms with Crippen molar-refractivity contribution in [3.8, 4) is 28.0 Å². The lowest BCUT2D eigenvalue weighted by molar-refractivity contribution is 0.414. The molecule has 3 aromatic carbocycles. The van der Waals surface area contributed by atoms with Crippen molar-refractivity contribution < 1.29 is 4.74 Å². The summed E-state index contributed by atoms with van der Waals surface area (Å²) in [5.41, 5.74) is 5.23. The van der Waals surface area contributed by atoms with Crippen LogP contribution in [0.1, 0.15) is 11.4 Å². The van der Waals surface area contributed by atoms with Gasteiger partial charge in [-0.2, -0.15) is 0 Å². The van der Waals surface area contributed by atoms with Crippen LogP contribution >= 0.6 is 11.3 Å². The number of aromatic nitrogens is 2. The van der Waals surface area contributed by atoms with Gasteiger partial charge in [-0.3, -0.25) is 4.79 Å². The Morgan fingerprint density at radius 2 is 1.55 bits per heavy atom. The number of methoxy groups -OCH3 is 1. The number of fused-ring (bicyclic) bond motifs is 1. The van der Waals surface area contributed by atoms with Gasteiger partial charge in [0, 0.05) is 17.4 Å². The van der Waals surface area contributed by atoms with E-state index in [0.29, 0.717) is 17.6 Å². The molecule has 5 aromatic rings. The Morgan fingerprint density at radius 1 is 0.871 bits per heavy atom. The second kappa shape index (κ2) is 8.20. The third-order valence-electron chi connectivity index (χ3n) is 5.33. The van der Waals surface area contributed by atoms with Crippen LogP contribution in [-0.4, -0.2) is 17.1 Å². The number of rotatable bonds is 5. The van der Waals surface area contributed by atoms with E-state index in [1.807, 2.05) is 47.8 Å². The maximum atomic E-state index is 12.9. The number of nitrogens with zero attached hydrogens (tertiary/aromatic N) is 1. The first-order valence-corrected chi connectivity index (χ1v) is 10.9. The van der Waals surface area contributed by atoms with Crippen LogP contribution in [0, 0.1) is 0 Å². The normalized spacial score (nSPS) is 11.0. The summed E-state index contributed by atoms with van der Waals surface area (Å²) in [7, 11) is 1.64. The van der Waals surface area contributed by atoms with Crippen molar-refractivity contribution in [2.45, 2.75) is 6.42 Å². The molecular formula is C26H20N2O2S. The highest BCUT2D eigenvalue weighted by molar-refractivity contribution is 7.17. The fourth-order valence-electron chi connectivity index (χ4n) is 3.70. The molecule has 5 rings (SSSR count). The molecule has 0 atom stereocenters. The fourth-order valence-corrected chi connectivity index (χ4v) is 4.67. The summed E-state index contributed by atoms with van der Waals surface area (Å²) < 4.78 is 5.20. The smallest absolute Gasteiger partial charge is 0.260 e. The molecule has 0 saturated heterocycles. The molecule has 0 saturated carbocycles. The molecule has 31 heavy (non-hydrogen) atoms. The first kappa shape index (κ1) is 19.3. The lowest BCUT2D eigenvalue weighted by atomic mass is 10.0. The van der Waals surface area contributed by atoms with Gasteiger partial charge in [0.25, 0.3) is 5.56 Å². The molecule has 0 amide bonds. The summed E-state index contributed by atoms with van der Waals surface area (Å²) in [5, 5.41) is 2.66. The molecule has 4 nitrogen and oxygen atoms in total. The van der Waals surface area contributed by atoms with Gasteiger partial charge in [0.2, 0.25) is 0 Å². The van der Waals surface area contributed by atoms with Gasteiger partial charge in [-0.1, -0.05) is 66.7 Å². The number of aromatic amines is 1. The maximum Gasteiger partial charge on any atom is 0.260 e. The third kappa shape index (κ3) is 3.88. The number of ether oxygens (including phenoxy) is 1. The molecule has 2 heterocycles. The molecule has 152 valence electrons. The second-order valence-corrected chi connectivity index (χ2v) is 8.17. The Labute approximate surface area is 183 Å². The van der Waals surface area contributed by atoms with Crippen molar-refractivity contribution in [1.82, 2.24) is 9.97 Å². The highest BCUT2D eigenvalue weighted by atomic mass is 32.1. The van der Waals surface area contributed by atoms with Crippen molar-refractivity contribution >= 4 is 21.6 Å². The molecule has 0 bridgehead atoms. The predicted octanol–water partition coefficient (Wildman–Crippen LogP) is 5.92. The monoisotopic (exact) mass is 424 g/mol. The van der Waals surface area contributed by atoms with E-state index in [2.05, 4.69) is 41.4 Å². The summed E-state index contributed by atoms with van der Waals surface area (Å²) >= 11 is 1.50. The van der Waals surface area contributed by atoms with Crippen LogP contribution in [0.3, 0.4) is 0 Å². The van der Waals surface area contributed by atoms with Crippen molar-refractivity contribution in [2.75, 3.05) is 7.11 Å². The molecule has 5 heteroatoms. The van der Waals surface area contributed by atoms with Gasteiger partial charge in [-0.05, 0) is 34.4 Å². The quantitative estimate of drug-likeness (QED) is 0.381. The van der Waals surface area contributed by atoms with Gasteiger partial charge in [-0.15, -0.1) is 11.3 Å². The van der Waals surface area contributed by atoms with Gasteiger partial charge in [0.15, 0.2) is 0 Å². The van der Waals surface area contributed by atoms with Crippen LogP contribution in [0.5, 0.6) is 5.75 Å². The largest absolute Gasteiger partial charge is 0.497 e.